The van der Waals surface area contributed by atoms with Gasteiger partial charge in [0.25, 0.3) is 0 Å². The Hall–Kier alpha value is -0.370. The van der Waals surface area contributed by atoms with Crippen molar-refractivity contribution in [3.63, 3.8) is 0 Å². The van der Waals surface area contributed by atoms with Crippen LogP contribution in [-0.4, -0.2) is 17.9 Å². The fraction of sp³-hybridized carbons (Fsp3) is 0.933. The molecule has 0 aliphatic carbocycles. The summed E-state index contributed by atoms with van der Waals surface area (Å²) < 4.78 is 0. The molecule has 0 rings (SSSR count). The number of Topliss-reactive ketones (excluding diaryl/α,β-unsaturated/α-hetero) is 1. The Kier molecular flexibility index (Phi) is 6.99. The number of hydrogen-bond acceptors (Lipinski definition) is 2. The van der Waals surface area contributed by atoms with E-state index in [0.29, 0.717) is 12.2 Å². The minimum absolute atomic E-state index is 0.130. The van der Waals surface area contributed by atoms with E-state index < -0.39 is 0 Å². The molecule has 0 unspecified atom stereocenters. The van der Waals surface area contributed by atoms with Crippen LogP contribution in [0.3, 0.4) is 0 Å². The number of carbonyl (C=O) groups is 1. The molecule has 0 bridgehead atoms. The largest absolute Gasteiger partial charge is 0.312 e. The lowest BCUT2D eigenvalue weighted by Crippen LogP contribution is -2.39. The smallest absolute Gasteiger partial charge is 0.138 e. The molecule has 0 aromatic carbocycles. The van der Waals surface area contributed by atoms with Gasteiger partial charge in [-0.2, -0.15) is 0 Å². The molecule has 17 heavy (non-hydrogen) atoms. The first-order valence-electron chi connectivity index (χ1n) is 7.03. The van der Waals surface area contributed by atoms with Crippen molar-refractivity contribution in [1.82, 2.24) is 5.32 Å². The van der Waals surface area contributed by atoms with Gasteiger partial charge in [-0.05, 0) is 39.7 Å². The summed E-state index contributed by atoms with van der Waals surface area (Å²) in [6.45, 7) is 13.8. The summed E-state index contributed by atoms with van der Waals surface area (Å²) >= 11 is 0. The number of hydrogen-bond donors (Lipinski definition) is 1. The van der Waals surface area contributed by atoms with Crippen molar-refractivity contribution in [2.24, 2.45) is 5.41 Å². The van der Waals surface area contributed by atoms with Crippen molar-refractivity contribution in [2.75, 3.05) is 6.54 Å². The molecular formula is C15H31NO. The lowest BCUT2D eigenvalue weighted by atomic mass is 9.82. The van der Waals surface area contributed by atoms with Gasteiger partial charge >= 0.3 is 0 Å². The molecule has 0 saturated heterocycles. The summed E-state index contributed by atoms with van der Waals surface area (Å²) in [5.74, 6) is 0.388. The van der Waals surface area contributed by atoms with Crippen molar-refractivity contribution in [3.05, 3.63) is 0 Å². The predicted molar refractivity (Wildman–Crippen MR) is 75.3 cm³/mol. The molecule has 0 amide bonds. The predicted octanol–water partition coefficient (Wildman–Crippen LogP) is 3.94. The highest BCUT2D eigenvalue weighted by Crippen LogP contribution is 2.25. The zero-order valence-corrected chi connectivity index (χ0v) is 12.7. The summed E-state index contributed by atoms with van der Waals surface area (Å²) in [7, 11) is 0. The number of unbranched alkanes of at least 4 members (excludes halogenated alkanes) is 1. The molecule has 0 aromatic rings. The average molecular weight is 241 g/mol. The average Bonchev–Trinajstić information content (AvgIpc) is 2.27. The van der Waals surface area contributed by atoms with Crippen LogP contribution < -0.4 is 5.32 Å². The van der Waals surface area contributed by atoms with E-state index >= 15 is 0 Å². The van der Waals surface area contributed by atoms with Crippen LogP contribution in [0.2, 0.25) is 0 Å². The highest BCUT2D eigenvalue weighted by molar-refractivity contribution is 5.83. The van der Waals surface area contributed by atoms with Gasteiger partial charge in [-0.15, -0.1) is 0 Å². The van der Waals surface area contributed by atoms with E-state index in [2.05, 4.69) is 39.9 Å². The fourth-order valence-electron chi connectivity index (χ4n) is 1.86. The summed E-state index contributed by atoms with van der Waals surface area (Å²) in [6.07, 6.45) is 5.10. The van der Waals surface area contributed by atoms with E-state index in [1.54, 1.807) is 0 Å². The van der Waals surface area contributed by atoms with Crippen molar-refractivity contribution in [2.45, 2.75) is 79.2 Å². The maximum Gasteiger partial charge on any atom is 0.138 e. The van der Waals surface area contributed by atoms with Gasteiger partial charge in [0.1, 0.15) is 5.78 Å². The lowest BCUT2D eigenvalue weighted by Gasteiger charge is -2.25. The molecule has 0 aliphatic heterocycles. The molecule has 0 fully saturated rings. The van der Waals surface area contributed by atoms with Gasteiger partial charge in [0.05, 0.1) is 0 Å². The van der Waals surface area contributed by atoms with Crippen LogP contribution in [-0.2, 0) is 4.79 Å². The van der Waals surface area contributed by atoms with Crippen LogP contribution in [0.15, 0.2) is 0 Å². The number of ketones is 1. The van der Waals surface area contributed by atoms with Crippen molar-refractivity contribution < 1.29 is 4.79 Å². The van der Waals surface area contributed by atoms with Gasteiger partial charge in [0.2, 0.25) is 0 Å². The van der Waals surface area contributed by atoms with Gasteiger partial charge in [0, 0.05) is 17.4 Å². The molecule has 0 spiro atoms. The Morgan fingerprint density at radius 1 is 1.06 bits per heavy atom. The van der Waals surface area contributed by atoms with E-state index in [-0.39, 0.29) is 11.0 Å². The molecule has 1 N–H and O–H groups in total. The third-order valence-electron chi connectivity index (χ3n) is 3.79. The van der Waals surface area contributed by atoms with Gasteiger partial charge in [-0.1, -0.05) is 34.1 Å². The van der Waals surface area contributed by atoms with E-state index in [1.165, 1.54) is 0 Å². The molecular weight excluding hydrogens is 210 g/mol. The molecule has 0 heterocycles. The second-order valence-corrected chi connectivity index (χ2v) is 6.28. The molecule has 0 radical (unpaired) electrons. The zero-order valence-electron chi connectivity index (χ0n) is 12.7. The lowest BCUT2D eigenvalue weighted by molar-refractivity contribution is -0.127. The molecule has 2 nitrogen and oxygen atoms in total. The van der Waals surface area contributed by atoms with Crippen molar-refractivity contribution in [1.29, 1.82) is 0 Å². The minimum Gasteiger partial charge on any atom is -0.312 e. The maximum absolute atomic E-state index is 11.7. The van der Waals surface area contributed by atoms with Crippen LogP contribution in [0.4, 0.5) is 0 Å². The third-order valence-corrected chi connectivity index (χ3v) is 3.79. The van der Waals surface area contributed by atoms with Crippen LogP contribution in [0.25, 0.3) is 0 Å². The molecule has 0 saturated carbocycles. The Morgan fingerprint density at radius 2 is 1.65 bits per heavy atom. The molecule has 2 heteroatoms. The summed E-state index contributed by atoms with van der Waals surface area (Å²) in [5.41, 5.74) is 0.115. The van der Waals surface area contributed by atoms with Crippen LogP contribution >= 0.6 is 0 Å². The molecule has 102 valence electrons. The number of rotatable bonds is 9. The third kappa shape index (κ3) is 6.82. The van der Waals surface area contributed by atoms with Gasteiger partial charge in [-0.3, -0.25) is 4.79 Å². The molecule has 0 aliphatic rings. The monoisotopic (exact) mass is 241 g/mol. The Labute approximate surface area is 108 Å². The van der Waals surface area contributed by atoms with E-state index in [0.717, 1.165) is 32.2 Å². The van der Waals surface area contributed by atoms with E-state index in [4.69, 9.17) is 0 Å². The van der Waals surface area contributed by atoms with Crippen molar-refractivity contribution in [3.8, 4) is 0 Å². The van der Waals surface area contributed by atoms with E-state index in [1.807, 2.05) is 6.92 Å². The fourth-order valence-corrected chi connectivity index (χ4v) is 1.86. The first-order chi connectivity index (χ1) is 7.75. The van der Waals surface area contributed by atoms with Gasteiger partial charge in [0.15, 0.2) is 0 Å². The second kappa shape index (κ2) is 7.15. The maximum atomic E-state index is 11.7. The first-order valence-corrected chi connectivity index (χ1v) is 7.03. The highest BCUT2D eigenvalue weighted by Gasteiger charge is 2.24. The first kappa shape index (κ1) is 16.6. The standard InChI is InChI=1S/C15H31NO/c1-7-13(17)14(3,4)11-9-10-12-16-15(5,6)8-2/h16H,7-12H2,1-6H3. The van der Waals surface area contributed by atoms with Crippen LogP contribution in [0, 0.1) is 5.41 Å². The SMILES string of the molecule is CCC(=O)C(C)(C)CCCCNC(C)(C)CC. The second-order valence-electron chi connectivity index (χ2n) is 6.28. The Balaban J connectivity index is 3.75. The number of carbonyl (C=O) groups excluding carboxylic acids is 1. The van der Waals surface area contributed by atoms with E-state index in [9.17, 15) is 4.79 Å². The summed E-state index contributed by atoms with van der Waals surface area (Å²) in [6, 6.07) is 0. The highest BCUT2D eigenvalue weighted by atomic mass is 16.1. The summed E-state index contributed by atoms with van der Waals surface area (Å²) in [5, 5.41) is 3.55. The topological polar surface area (TPSA) is 29.1 Å². The number of nitrogens with one attached hydrogen (secondary N) is 1. The van der Waals surface area contributed by atoms with Gasteiger partial charge in [-0.25, -0.2) is 0 Å². The van der Waals surface area contributed by atoms with Crippen LogP contribution in [0.5, 0.6) is 0 Å². The Bertz CT molecular complexity index is 231. The quantitative estimate of drug-likeness (QED) is 0.619. The Morgan fingerprint density at radius 3 is 2.12 bits per heavy atom. The van der Waals surface area contributed by atoms with Crippen molar-refractivity contribution >= 4 is 5.78 Å². The van der Waals surface area contributed by atoms with Gasteiger partial charge < -0.3 is 5.32 Å². The van der Waals surface area contributed by atoms with Crippen LogP contribution in [0.1, 0.15) is 73.6 Å². The normalized spacial score (nSPS) is 12.8. The summed E-state index contributed by atoms with van der Waals surface area (Å²) in [4.78, 5) is 11.7. The molecule has 0 aromatic heterocycles. The minimum atomic E-state index is -0.130. The zero-order chi connectivity index (χ0) is 13.5. The molecule has 0 atom stereocenters.